The summed E-state index contributed by atoms with van der Waals surface area (Å²) in [6.45, 7) is 2.13. The maximum Gasteiger partial charge on any atom is 0.167 e. The maximum atomic E-state index is 13.3. The molecule has 0 saturated heterocycles. The normalized spacial score (nSPS) is 19.2. The van der Waals surface area contributed by atoms with Crippen LogP contribution in [0.3, 0.4) is 0 Å². The zero-order valence-corrected chi connectivity index (χ0v) is 14.9. The molecule has 0 aliphatic heterocycles. The number of hydrogen-bond acceptors (Lipinski definition) is 1. The van der Waals surface area contributed by atoms with E-state index in [0.29, 0.717) is 0 Å². The van der Waals surface area contributed by atoms with Gasteiger partial charge >= 0.3 is 0 Å². The van der Waals surface area contributed by atoms with Gasteiger partial charge in [0.05, 0.1) is 0 Å². The van der Waals surface area contributed by atoms with E-state index in [4.69, 9.17) is 0 Å². The summed E-state index contributed by atoms with van der Waals surface area (Å²) in [6.07, 6.45) is 3.10. The van der Waals surface area contributed by atoms with Crippen molar-refractivity contribution in [2.24, 2.45) is 5.92 Å². The van der Waals surface area contributed by atoms with Crippen molar-refractivity contribution in [3.8, 4) is 0 Å². The van der Waals surface area contributed by atoms with Gasteiger partial charge in [-0.15, -0.1) is 0 Å². The van der Waals surface area contributed by atoms with Gasteiger partial charge in [0.25, 0.3) is 0 Å². The highest BCUT2D eigenvalue weighted by molar-refractivity contribution is 6.00. The Balaban J connectivity index is 1.75. The predicted octanol–water partition coefficient (Wildman–Crippen LogP) is 6.07. The molecule has 128 valence electrons. The molecule has 1 aliphatic rings. The first-order chi connectivity index (χ1) is 12.7. The zero-order chi connectivity index (χ0) is 17.9. The van der Waals surface area contributed by atoms with Gasteiger partial charge in [0.15, 0.2) is 5.78 Å². The molecule has 0 saturated carbocycles. The maximum absolute atomic E-state index is 13.3. The molecule has 3 aromatic carbocycles. The van der Waals surface area contributed by atoms with Crippen LogP contribution in [-0.4, -0.2) is 5.78 Å². The lowest BCUT2D eigenvalue weighted by atomic mass is 9.82. The molecule has 0 amide bonds. The summed E-state index contributed by atoms with van der Waals surface area (Å²) in [5, 5.41) is 0. The summed E-state index contributed by atoms with van der Waals surface area (Å²) in [5.74, 6) is 0.314. The van der Waals surface area contributed by atoms with E-state index < -0.39 is 0 Å². The second-order valence-corrected chi connectivity index (χ2v) is 6.98. The van der Waals surface area contributed by atoms with E-state index in [0.717, 1.165) is 12.0 Å². The first-order valence-corrected chi connectivity index (χ1v) is 9.15. The van der Waals surface area contributed by atoms with Crippen molar-refractivity contribution in [2.75, 3.05) is 0 Å². The number of benzene rings is 3. The third-order valence-electron chi connectivity index (χ3n) is 5.34. The number of Topliss-reactive ketones (excluding diaryl/α,β-unsaturated/α-hetero) is 1. The predicted molar refractivity (Wildman–Crippen MR) is 107 cm³/mol. The summed E-state index contributed by atoms with van der Waals surface area (Å²) in [4.78, 5) is 13.3. The second-order valence-electron chi connectivity index (χ2n) is 6.98. The monoisotopic (exact) mass is 338 g/mol. The molecule has 0 bridgehead atoms. The van der Waals surface area contributed by atoms with Gasteiger partial charge in [-0.1, -0.05) is 91.0 Å². The van der Waals surface area contributed by atoms with Gasteiger partial charge in [-0.25, -0.2) is 0 Å². The molecule has 1 heteroatoms. The van der Waals surface area contributed by atoms with Crippen molar-refractivity contribution in [1.82, 2.24) is 0 Å². The fraction of sp³-hybridized carbons (Fsp3) is 0.160. The molecule has 0 unspecified atom stereocenters. The molecule has 3 aromatic rings. The van der Waals surface area contributed by atoms with Gasteiger partial charge in [-0.2, -0.15) is 0 Å². The highest BCUT2D eigenvalue weighted by atomic mass is 16.1. The second kappa shape index (κ2) is 7.13. The molecule has 0 heterocycles. The Morgan fingerprint density at radius 1 is 0.808 bits per heavy atom. The van der Waals surface area contributed by atoms with E-state index in [1.165, 1.54) is 22.3 Å². The molecule has 4 rings (SSSR count). The molecule has 2 atom stereocenters. The van der Waals surface area contributed by atoms with Crippen molar-refractivity contribution in [3.63, 3.8) is 0 Å². The molecule has 26 heavy (non-hydrogen) atoms. The summed E-state index contributed by atoms with van der Waals surface area (Å²) in [7, 11) is 0. The first-order valence-electron chi connectivity index (χ1n) is 9.15. The molecule has 1 nitrogen and oxygen atoms in total. The quantitative estimate of drug-likeness (QED) is 0.528. The Morgan fingerprint density at radius 2 is 1.42 bits per heavy atom. The average molecular weight is 338 g/mol. The van der Waals surface area contributed by atoms with Crippen LogP contribution in [0.4, 0.5) is 0 Å². The van der Waals surface area contributed by atoms with Crippen LogP contribution in [0.2, 0.25) is 0 Å². The number of hydrogen-bond donors (Lipinski definition) is 0. The molecule has 1 aliphatic carbocycles. The van der Waals surface area contributed by atoms with Crippen molar-refractivity contribution in [3.05, 3.63) is 113 Å². The summed E-state index contributed by atoms with van der Waals surface area (Å²) in [6, 6.07) is 28.5. The number of aryl methyl sites for hydroxylation is 1. The summed E-state index contributed by atoms with van der Waals surface area (Å²) >= 11 is 0. The van der Waals surface area contributed by atoms with E-state index in [1.54, 1.807) is 0 Å². The van der Waals surface area contributed by atoms with Crippen LogP contribution in [0.5, 0.6) is 0 Å². The van der Waals surface area contributed by atoms with Crippen LogP contribution in [0.15, 0.2) is 91.0 Å². The largest absolute Gasteiger partial charge is 0.294 e. The lowest BCUT2D eigenvalue weighted by Gasteiger charge is -2.20. The third-order valence-corrected chi connectivity index (χ3v) is 5.34. The number of rotatable bonds is 4. The lowest BCUT2D eigenvalue weighted by Crippen LogP contribution is -2.19. The highest BCUT2D eigenvalue weighted by Crippen LogP contribution is 2.44. The van der Waals surface area contributed by atoms with Crippen molar-refractivity contribution in [1.29, 1.82) is 0 Å². The molecule has 0 aromatic heterocycles. The van der Waals surface area contributed by atoms with Crippen LogP contribution in [-0.2, 0) is 0 Å². The van der Waals surface area contributed by atoms with Gasteiger partial charge < -0.3 is 0 Å². The standard InChI is InChI=1S/C25H22O/c1-18-10-8-9-15-22(18)23-16-21(19-11-4-2-5-12-19)17-24(23)25(26)20-13-6-3-7-14-20/h2-16,23-24H,17H2,1H3/t23-,24+/m1/s1. The molecule has 0 spiro atoms. The van der Waals surface area contributed by atoms with Gasteiger partial charge in [-0.05, 0) is 35.6 Å². The Hall–Kier alpha value is -2.93. The minimum atomic E-state index is -0.0475. The Morgan fingerprint density at radius 3 is 2.12 bits per heavy atom. The molecular formula is C25H22O. The van der Waals surface area contributed by atoms with Gasteiger partial charge in [0, 0.05) is 17.4 Å². The fourth-order valence-corrected chi connectivity index (χ4v) is 3.97. The molecule has 0 fully saturated rings. The topological polar surface area (TPSA) is 17.1 Å². The fourth-order valence-electron chi connectivity index (χ4n) is 3.97. The average Bonchev–Trinajstić information content (AvgIpc) is 3.14. The smallest absolute Gasteiger partial charge is 0.167 e. The van der Waals surface area contributed by atoms with Gasteiger partial charge in [-0.3, -0.25) is 4.79 Å². The van der Waals surface area contributed by atoms with Crippen LogP contribution in [0.25, 0.3) is 5.57 Å². The Labute approximate surface area is 155 Å². The van der Waals surface area contributed by atoms with Gasteiger partial charge in [0.1, 0.15) is 0 Å². The summed E-state index contributed by atoms with van der Waals surface area (Å²) in [5.41, 5.74) is 5.79. The number of carbonyl (C=O) groups excluding carboxylic acids is 1. The van der Waals surface area contributed by atoms with E-state index in [-0.39, 0.29) is 17.6 Å². The van der Waals surface area contributed by atoms with Crippen molar-refractivity contribution < 1.29 is 4.79 Å². The minimum absolute atomic E-state index is 0.0475. The highest BCUT2D eigenvalue weighted by Gasteiger charge is 2.35. The first kappa shape index (κ1) is 16.5. The Kier molecular flexibility index (Phi) is 4.53. The SMILES string of the molecule is Cc1ccccc1[C@H]1C=C(c2ccccc2)C[C@@H]1C(=O)c1ccccc1. The molecular weight excluding hydrogens is 316 g/mol. The van der Waals surface area contributed by atoms with E-state index in [9.17, 15) is 4.79 Å². The molecule has 0 radical (unpaired) electrons. The van der Waals surface area contributed by atoms with E-state index in [1.807, 2.05) is 36.4 Å². The zero-order valence-electron chi connectivity index (χ0n) is 14.9. The van der Waals surface area contributed by atoms with Crippen molar-refractivity contribution in [2.45, 2.75) is 19.3 Å². The van der Waals surface area contributed by atoms with Crippen LogP contribution < -0.4 is 0 Å². The third kappa shape index (κ3) is 3.13. The molecule has 0 N–H and O–H groups in total. The van der Waals surface area contributed by atoms with Crippen LogP contribution >= 0.6 is 0 Å². The van der Waals surface area contributed by atoms with Crippen LogP contribution in [0, 0.1) is 12.8 Å². The number of carbonyl (C=O) groups is 1. The minimum Gasteiger partial charge on any atom is -0.294 e. The van der Waals surface area contributed by atoms with E-state index in [2.05, 4.69) is 61.5 Å². The number of allylic oxidation sites excluding steroid dienone is 2. The summed E-state index contributed by atoms with van der Waals surface area (Å²) < 4.78 is 0. The van der Waals surface area contributed by atoms with E-state index >= 15 is 0 Å². The van der Waals surface area contributed by atoms with Gasteiger partial charge in [0.2, 0.25) is 0 Å². The lowest BCUT2D eigenvalue weighted by molar-refractivity contribution is 0.0917. The van der Waals surface area contributed by atoms with Crippen molar-refractivity contribution >= 4 is 11.4 Å². The van der Waals surface area contributed by atoms with Crippen LogP contribution in [0.1, 0.15) is 39.4 Å². The number of ketones is 1. The Bertz CT molecular complexity index is 938.